The van der Waals surface area contributed by atoms with E-state index in [9.17, 15) is 8.42 Å². The second kappa shape index (κ2) is 7.91. The van der Waals surface area contributed by atoms with Crippen LogP contribution in [0.25, 0.3) is 0 Å². The zero-order chi connectivity index (χ0) is 16.0. The first-order valence-electron chi connectivity index (χ1n) is 6.69. The second-order valence-electron chi connectivity index (χ2n) is 4.97. The average molecular weight is 377 g/mol. The van der Waals surface area contributed by atoms with Crippen LogP contribution in [0.2, 0.25) is 0 Å². The number of ether oxygens (including phenoxy) is 1. The van der Waals surface area contributed by atoms with Gasteiger partial charge in [-0.3, -0.25) is 0 Å². The van der Waals surface area contributed by atoms with E-state index < -0.39 is 10.0 Å². The van der Waals surface area contributed by atoms with Crippen LogP contribution in [-0.4, -0.2) is 26.1 Å². The lowest BCUT2D eigenvalue weighted by Gasteiger charge is -2.18. The maximum Gasteiger partial charge on any atom is 0.236 e. The highest BCUT2D eigenvalue weighted by atomic mass is 79.9. The van der Waals surface area contributed by atoms with E-state index in [2.05, 4.69) is 25.6 Å². The van der Waals surface area contributed by atoms with Gasteiger partial charge in [0.15, 0.2) is 5.75 Å². The summed E-state index contributed by atoms with van der Waals surface area (Å²) in [6, 6.07) is 3.17. The Bertz CT molecular complexity index is 600. The fourth-order valence-corrected chi connectivity index (χ4v) is 3.89. The van der Waals surface area contributed by atoms with E-state index in [-0.39, 0.29) is 18.6 Å². The van der Waals surface area contributed by atoms with Crippen LogP contribution in [0.1, 0.15) is 27.7 Å². The van der Waals surface area contributed by atoms with Gasteiger partial charge in [0.2, 0.25) is 10.0 Å². The highest BCUT2D eigenvalue weighted by Crippen LogP contribution is 2.21. The third-order valence-electron chi connectivity index (χ3n) is 2.73. The van der Waals surface area contributed by atoms with Crippen molar-refractivity contribution in [3.63, 3.8) is 0 Å². The van der Waals surface area contributed by atoms with Gasteiger partial charge in [-0.25, -0.2) is 18.1 Å². The van der Waals surface area contributed by atoms with Gasteiger partial charge in [-0.05, 0) is 47.8 Å². The van der Waals surface area contributed by atoms with Crippen LogP contribution in [0.3, 0.4) is 0 Å². The first kappa shape index (κ1) is 18.1. The zero-order valence-corrected chi connectivity index (χ0v) is 15.0. The Hall–Kier alpha value is -0.920. The third-order valence-corrected chi connectivity index (χ3v) is 5.37. The van der Waals surface area contributed by atoms with Gasteiger partial charge in [0.1, 0.15) is 11.2 Å². The van der Waals surface area contributed by atoms with Crippen LogP contribution in [0.5, 0.6) is 5.75 Å². The third kappa shape index (κ3) is 5.41. The molecule has 0 aliphatic rings. The topological polar surface area (TPSA) is 68.3 Å². The summed E-state index contributed by atoms with van der Waals surface area (Å²) in [7, 11) is -3.48. The lowest BCUT2D eigenvalue weighted by molar-refractivity contribution is 0.284. The SMILES string of the molecule is C/C=C(/C(C)C)S(=O)(=O)NC(C)COc1cccnc1Br. The van der Waals surface area contributed by atoms with E-state index >= 15 is 0 Å². The van der Waals surface area contributed by atoms with Gasteiger partial charge >= 0.3 is 0 Å². The Morgan fingerprint density at radius 1 is 1.48 bits per heavy atom. The largest absolute Gasteiger partial charge is 0.489 e. The molecule has 0 aromatic carbocycles. The minimum absolute atomic E-state index is 0.0620. The standard InChI is InChI=1S/C14H21BrN2O3S/c1-5-13(10(2)3)21(18,19)17-11(4)9-20-12-7-6-8-16-14(12)15/h5-8,10-11,17H,9H2,1-4H3/b13-5-. The van der Waals surface area contributed by atoms with Crippen LogP contribution in [0.15, 0.2) is 33.9 Å². The molecule has 0 radical (unpaired) electrons. The first-order valence-corrected chi connectivity index (χ1v) is 8.97. The maximum absolute atomic E-state index is 12.2. The van der Waals surface area contributed by atoms with E-state index in [1.165, 1.54) is 0 Å². The monoisotopic (exact) mass is 376 g/mol. The lowest BCUT2D eigenvalue weighted by atomic mass is 10.2. The molecule has 0 fully saturated rings. The summed E-state index contributed by atoms with van der Waals surface area (Å²) in [5.74, 6) is 0.520. The molecule has 0 bridgehead atoms. The summed E-state index contributed by atoms with van der Waals surface area (Å²) >= 11 is 3.28. The molecular formula is C14H21BrN2O3S. The van der Waals surface area contributed by atoms with Gasteiger partial charge < -0.3 is 4.74 Å². The van der Waals surface area contributed by atoms with E-state index in [0.29, 0.717) is 15.3 Å². The van der Waals surface area contributed by atoms with Gasteiger partial charge in [0.25, 0.3) is 0 Å². The Labute approximate surface area is 135 Å². The van der Waals surface area contributed by atoms with Crippen molar-refractivity contribution in [2.75, 3.05) is 6.61 Å². The van der Waals surface area contributed by atoms with Crippen molar-refractivity contribution < 1.29 is 13.2 Å². The highest BCUT2D eigenvalue weighted by Gasteiger charge is 2.22. The molecule has 1 N–H and O–H groups in total. The molecule has 0 amide bonds. The predicted molar refractivity (Wildman–Crippen MR) is 87.5 cm³/mol. The van der Waals surface area contributed by atoms with Crippen LogP contribution < -0.4 is 9.46 Å². The number of nitrogens with zero attached hydrogens (tertiary/aromatic N) is 1. The molecule has 7 heteroatoms. The van der Waals surface area contributed by atoms with Crippen molar-refractivity contribution in [3.05, 3.63) is 33.9 Å². The number of pyridine rings is 1. The molecule has 0 saturated carbocycles. The van der Waals surface area contributed by atoms with Gasteiger partial charge in [0.05, 0.1) is 10.9 Å². The lowest BCUT2D eigenvalue weighted by Crippen LogP contribution is -2.38. The number of nitrogens with one attached hydrogen (secondary N) is 1. The fraction of sp³-hybridized carbons (Fsp3) is 0.500. The summed E-state index contributed by atoms with van der Waals surface area (Å²) in [4.78, 5) is 4.43. The van der Waals surface area contributed by atoms with Gasteiger partial charge in [-0.1, -0.05) is 19.9 Å². The summed E-state index contributed by atoms with van der Waals surface area (Å²) in [6.45, 7) is 7.40. The fourth-order valence-electron chi connectivity index (χ4n) is 1.86. The van der Waals surface area contributed by atoms with E-state index in [0.717, 1.165) is 0 Å². The number of rotatable bonds is 7. The maximum atomic E-state index is 12.2. The van der Waals surface area contributed by atoms with Crippen LogP contribution >= 0.6 is 15.9 Å². The van der Waals surface area contributed by atoms with Gasteiger partial charge in [0, 0.05) is 6.20 Å². The summed E-state index contributed by atoms with van der Waals surface area (Å²) < 4.78 is 33.2. The molecule has 1 aromatic rings. The summed E-state index contributed by atoms with van der Waals surface area (Å²) in [5, 5.41) is 0. The molecule has 0 aliphatic carbocycles. The number of allylic oxidation sites excluding steroid dienone is 2. The molecule has 0 saturated heterocycles. The number of halogens is 1. The molecule has 118 valence electrons. The Kier molecular flexibility index (Phi) is 6.83. The van der Waals surface area contributed by atoms with Crippen molar-refractivity contribution in [2.24, 2.45) is 5.92 Å². The molecule has 1 rings (SSSR count). The smallest absolute Gasteiger partial charge is 0.236 e. The van der Waals surface area contributed by atoms with Crippen molar-refractivity contribution >= 4 is 26.0 Å². The van der Waals surface area contributed by atoms with Crippen molar-refractivity contribution in [1.82, 2.24) is 9.71 Å². The van der Waals surface area contributed by atoms with Crippen LogP contribution in [0, 0.1) is 5.92 Å². The number of sulfonamides is 1. The van der Waals surface area contributed by atoms with E-state index in [4.69, 9.17) is 4.74 Å². The molecular weight excluding hydrogens is 356 g/mol. The second-order valence-corrected chi connectivity index (χ2v) is 7.44. The van der Waals surface area contributed by atoms with E-state index in [1.54, 1.807) is 38.3 Å². The predicted octanol–water partition coefficient (Wildman–Crippen LogP) is 3.09. The Morgan fingerprint density at radius 2 is 2.14 bits per heavy atom. The van der Waals surface area contributed by atoms with Crippen molar-refractivity contribution in [2.45, 2.75) is 33.7 Å². The molecule has 1 aromatic heterocycles. The number of hydrogen-bond donors (Lipinski definition) is 1. The average Bonchev–Trinajstić information content (AvgIpc) is 2.37. The summed E-state index contributed by atoms with van der Waals surface area (Å²) in [6.07, 6.45) is 3.27. The first-order chi connectivity index (χ1) is 9.77. The van der Waals surface area contributed by atoms with Gasteiger partial charge in [-0.2, -0.15) is 0 Å². The normalized spacial score (nSPS) is 14.3. The van der Waals surface area contributed by atoms with Crippen molar-refractivity contribution in [3.8, 4) is 5.75 Å². The molecule has 1 unspecified atom stereocenters. The van der Waals surface area contributed by atoms with Crippen molar-refractivity contribution in [1.29, 1.82) is 0 Å². The molecule has 1 heterocycles. The molecule has 0 aliphatic heterocycles. The Balaban J connectivity index is 2.66. The molecule has 5 nitrogen and oxygen atoms in total. The highest BCUT2D eigenvalue weighted by molar-refractivity contribution is 9.10. The van der Waals surface area contributed by atoms with E-state index in [1.807, 2.05) is 13.8 Å². The molecule has 21 heavy (non-hydrogen) atoms. The van der Waals surface area contributed by atoms with Crippen LogP contribution in [0.4, 0.5) is 0 Å². The minimum atomic E-state index is -3.48. The summed E-state index contributed by atoms with van der Waals surface area (Å²) in [5.41, 5.74) is 0. The molecule has 1 atom stereocenters. The zero-order valence-electron chi connectivity index (χ0n) is 12.6. The molecule has 0 spiro atoms. The number of hydrogen-bond acceptors (Lipinski definition) is 4. The van der Waals surface area contributed by atoms with Gasteiger partial charge in [-0.15, -0.1) is 0 Å². The Morgan fingerprint density at radius 3 is 2.67 bits per heavy atom. The van der Waals surface area contributed by atoms with Crippen LogP contribution in [-0.2, 0) is 10.0 Å². The minimum Gasteiger partial charge on any atom is -0.489 e. The quantitative estimate of drug-likeness (QED) is 0.742. The number of aromatic nitrogens is 1.